The minimum atomic E-state index is 0.273. The maximum Gasteiger partial charge on any atom is 0.156 e. The van der Waals surface area contributed by atoms with Gasteiger partial charge in [-0.2, -0.15) is 0 Å². The van der Waals surface area contributed by atoms with Gasteiger partial charge in [-0.05, 0) is 23.8 Å². The molecule has 1 heterocycles. The number of benzene rings is 2. The SMILES string of the molecule is CN(c1cccc(SCc2ccccc2)c1)C1C=N1. The predicted octanol–water partition coefficient (Wildman–Crippen LogP) is 3.83. The molecule has 1 aliphatic heterocycles. The number of nitrogens with zero attached hydrogens (tertiary/aromatic N) is 2. The molecule has 0 spiro atoms. The monoisotopic (exact) mass is 268 g/mol. The van der Waals surface area contributed by atoms with Crippen LogP contribution < -0.4 is 4.90 Å². The molecule has 1 unspecified atom stereocenters. The van der Waals surface area contributed by atoms with Crippen molar-refractivity contribution in [1.82, 2.24) is 0 Å². The standard InChI is InChI=1S/C16H16N2S/c1-18(16-11-17-16)14-8-5-9-15(10-14)19-12-13-6-3-2-4-7-13/h2-11,16H,12H2,1H3. The normalized spacial score (nSPS) is 16.4. The fourth-order valence-electron chi connectivity index (χ4n) is 1.92. The zero-order valence-corrected chi connectivity index (χ0v) is 11.7. The summed E-state index contributed by atoms with van der Waals surface area (Å²) in [4.78, 5) is 7.68. The van der Waals surface area contributed by atoms with Gasteiger partial charge in [-0.1, -0.05) is 36.4 Å². The largest absolute Gasteiger partial charge is 0.348 e. The van der Waals surface area contributed by atoms with Crippen molar-refractivity contribution in [2.75, 3.05) is 11.9 Å². The molecule has 96 valence electrons. The molecule has 0 saturated carbocycles. The number of rotatable bonds is 5. The topological polar surface area (TPSA) is 15.6 Å². The van der Waals surface area contributed by atoms with E-state index >= 15 is 0 Å². The molecule has 1 atom stereocenters. The molecular formula is C16H16N2S. The van der Waals surface area contributed by atoms with E-state index in [1.54, 1.807) is 0 Å². The maximum atomic E-state index is 4.20. The van der Waals surface area contributed by atoms with E-state index in [9.17, 15) is 0 Å². The van der Waals surface area contributed by atoms with E-state index in [0.717, 1.165) is 5.75 Å². The van der Waals surface area contributed by atoms with Gasteiger partial charge in [-0.25, -0.2) is 0 Å². The second-order valence-electron chi connectivity index (χ2n) is 4.59. The first-order valence-electron chi connectivity index (χ1n) is 6.36. The van der Waals surface area contributed by atoms with E-state index in [2.05, 4.69) is 71.5 Å². The minimum Gasteiger partial charge on any atom is -0.348 e. The lowest BCUT2D eigenvalue weighted by Crippen LogP contribution is -2.21. The van der Waals surface area contributed by atoms with Crippen molar-refractivity contribution in [2.45, 2.75) is 16.8 Å². The number of hydrogen-bond donors (Lipinski definition) is 0. The molecule has 0 bridgehead atoms. The van der Waals surface area contributed by atoms with Crippen LogP contribution in [0.3, 0.4) is 0 Å². The summed E-state index contributed by atoms with van der Waals surface area (Å²) in [6.45, 7) is 0. The van der Waals surface area contributed by atoms with E-state index in [1.807, 2.05) is 18.0 Å². The van der Waals surface area contributed by atoms with Crippen molar-refractivity contribution in [2.24, 2.45) is 4.99 Å². The van der Waals surface area contributed by atoms with Crippen LogP contribution in [-0.2, 0) is 5.75 Å². The Bertz CT molecular complexity index is 574. The smallest absolute Gasteiger partial charge is 0.156 e. The second kappa shape index (κ2) is 5.49. The van der Waals surface area contributed by atoms with Gasteiger partial charge in [0.1, 0.15) is 0 Å². The highest BCUT2D eigenvalue weighted by atomic mass is 32.2. The van der Waals surface area contributed by atoms with Gasteiger partial charge in [0.05, 0.1) is 0 Å². The molecule has 2 nitrogen and oxygen atoms in total. The van der Waals surface area contributed by atoms with Crippen molar-refractivity contribution >= 4 is 23.7 Å². The summed E-state index contributed by atoms with van der Waals surface area (Å²) in [5, 5.41) is 0. The molecule has 0 amide bonds. The van der Waals surface area contributed by atoms with Gasteiger partial charge >= 0.3 is 0 Å². The molecule has 2 aromatic carbocycles. The Hall–Kier alpha value is -1.74. The number of anilines is 1. The molecule has 0 aromatic heterocycles. The molecule has 1 aliphatic rings. The van der Waals surface area contributed by atoms with Gasteiger partial charge in [-0.3, -0.25) is 4.99 Å². The van der Waals surface area contributed by atoms with E-state index < -0.39 is 0 Å². The van der Waals surface area contributed by atoms with Gasteiger partial charge in [0.25, 0.3) is 0 Å². The van der Waals surface area contributed by atoms with Crippen LogP contribution in [0.5, 0.6) is 0 Å². The average molecular weight is 268 g/mol. The van der Waals surface area contributed by atoms with E-state index in [0.29, 0.717) is 0 Å². The molecule has 3 rings (SSSR count). The first-order chi connectivity index (χ1) is 9.33. The summed E-state index contributed by atoms with van der Waals surface area (Å²) in [6.07, 6.45) is 2.23. The fraction of sp³-hybridized carbons (Fsp3) is 0.188. The lowest BCUT2D eigenvalue weighted by atomic mass is 10.2. The van der Waals surface area contributed by atoms with Crippen LogP contribution in [0.2, 0.25) is 0 Å². The highest BCUT2D eigenvalue weighted by molar-refractivity contribution is 7.98. The molecule has 0 fully saturated rings. The molecule has 0 saturated heterocycles. The fourth-order valence-corrected chi connectivity index (χ4v) is 2.83. The van der Waals surface area contributed by atoms with Gasteiger partial charge in [0, 0.05) is 29.6 Å². The van der Waals surface area contributed by atoms with Crippen LogP contribution in [0.25, 0.3) is 0 Å². The minimum absolute atomic E-state index is 0.273. The quantitative estimate of drug-likeness (QED) is 0.766. The van der Waals surface area contributed by atoms with Crippen LogP contribution in [-0.4, -0.2) is 19.4 Å². The first-order valence-corrected chi connectivity index (χ1v) is 7.34. The van der Waals surface area contributed by atoms with Crippen molar-refractivity contribution < 1.29 is 0 Å². The first kappa shape index (κ1) is 12.3. The van der Waals surface area contributed by atoms with Crippen molar-refractivity contribution in [3.05, 3.63) is 60.2 Å². The van der Waals surface area contributed by atoms with Crippen LogP contribution in [0.15, 0.2) is 64.5 Å². The molecule has 2 aromatic rings. The van der Waals surface area contributed by atoms with E-state index in [1.165, 1.54) is 16.1 Å². The Balaban J connectivity index is 1.66. The van der Waals surface area contributed by atoms with Gasteiger partial charge in [0.15, 0.2) is 6.17 Å². The van der Waals surface area contributed by atoms with Gasteiger partial charge in [-0.15, -0.1) is 11.8 Å². The Kier molecular flexibility index (Phi) is 3.56. The number of hydrogen-bond acceptors (Lipinski definition) is 3. The Labute approximate surface area is 118 Å². The molecule has 0 radical (unpaired) electrons. The summed E-state index contributed by atoms with van der Waals surface area (Å²) in [5.41, 5.74) is 2.58. The summed E-state index contributed by atoms with van der Waals surface area (Å²) in [5.74, 6) is 1.01. The summed E-state index contributed by atoms with van der Waals surface area (Å²) >= 11 is 1.87. The lowest BCUT2D eigenvalue weighted by molar-refractivity contribution is 0.926. The maximum absolute atomic E-state index is 4.20. The van der Waals surface area contributed by atoms with Crippen LogP contribution >= 0.6 is 11.8 Å². The zero-order valence-electron chi connectivity index (χ0n) is 10.9. The van der Waals surface area contributed by atoms with Crippen LogP contribution in [0, 0.1) is 0 Å². The van der Waals surface area contributed by atoms with Crippen LogP contribution in [0.1, 0.15) is 5.56 Å². The third kappa shape index (κ3) is 3.18. The number of thioether (sulfide) groups is 1. The third-order valence-electron chi connectivity index (χ3n) is 3.15. The highest BCUT2D eigenvalue weighted by Crippen LogP contribution is 2.28. The van der Waals surface area contributed by atoms with Crippen molar-refractivity contribution in [3.8, 4) is 0 Å². The molecule has 0 aliphatic carbocycles. The Morgan fingerprint density at radius 1 is 1.11 bits per heavy atom. The molecule has 19 heavy (non-hydrogen) atoms. The highest BCUT2D eigenvalue weighted by Gasteiger charge is 2.19. The average Bonchev–Trinajstić information content (AvgIpc) is 3.30. The zero-order chi connectivity index (χ0) is 13.1. The van der Waals surface area contributed by atoms with Gasteiger partial charge in [0.2, 0.25) is 0 Å². The lowest BCUT2D eigenvalue weighted by Gasteiger charge is -2.17. The second-order valence-corrected chi connectivity index (χ2v) is 5.64. The van der Waals surface area contributed by atoms with E-state index in [-0.39, 0.29) is 6.17 Å². The van der Waals surface area contributed by atoms with Crippen molar-refractivity contribution in [1.29, 1.82) is 0 Å². The third-order valence-corrected chi connectivity index (χ3v) is 4.22. The Morgan fingerprint density at radius 2 is 1.89 bits per heavy atom. The predicted molar refractivity (Wildman–Crippen MR) is 83.1 cm³/mol. The summed E-state index contributed by atoms with van der Waals surface area (Å²) < 4.78 is 0. The number of aliphatic imine (C=N–C) groups is 1. The van der Waals surface area contributed by atoms with Gasteiger partial charge < -0.3 is 4.90 Å². The summed E-state index contributed by atoms with van der Waals surface area (Å²) in [6, 6.07) is 19.2. The molecular weight excluding hydrogens is 252 g/mol. The van der Waals surface area contributed by atoms with Crippen molar-refractivity contribution in [3.63, 3.8) is 0 Å². The summed E-state index contributed by atoms with van der Waals surface area (Å²) in [7, 11) is 2.08. The van der Waals surface area contributed by atoms with E-state index in [4.69, 9.17) is 0 Å². The van der Waals surface area contributed by atoms with Crippen LogP contribution in [0.4, 0.5) is 5.69 Å². The molecule has 0 N–H and O–H groups in total. The molecule has 3 heteroatoms. The Morgan fingerprint density at radius 3 is 2.63 bits per heavy atom.